The number of benzene rings is 1. The fourth-order valence-corrected chi connectivity index (χ4v) is 6.23. The SMILES string of the molecule is Cn1c(-c2c(C(F)(F)F)n[nH]c2-c2ccc(N)cn2)cnc1C(=O)Nc1ccc(C(=O)N2CCN(C(=O)C3CCNCC3)CC2)c(Cl)c1.O=CO. The molecule has 0 aliphatic carbocycles. The van der Waals surface area contributed by atoms with E-state index in [0.29, 0.717) is 31.9 Å². The van der Waals surface area contributed by atoms with Crippen LogP contribution in [0.25, 0.3) is 22.6 Å². The lowest BCUT2D eigenvalue weighted by Crippen LogP contribution is -2.52. The summed E-state index contributed by atoms with van der Waals surface area (Å²) in [5, 5.41) is 18.8. The van der Waals surface area contributed by atoms with Crippen molar-refractivity contribution in [1.82, 2.24) is 39.8 Å². The number of aromatic amines is 1. The summed E-state index contributed by atoms with van der Waals surface area (Å²) in [5.41, 5.74) is 5.05. The fraction of sp³-hybridized carbons (Fsp3) is 0.344. The van der Waals surface area contributed by atoms with Crippen molar-refractivity contribution in [3.63, 3.8) is 0 Å². The third kappa shape index (κ3) is 8.12. The lowest BCUT2D eigenvalue weighted by Gasteiger charge is -2.37. The molecule has 0 saturated carbocycles. The van der Waals surface area contributed by atoms with Crippen LogP contribution in [0.2, 0.25) is 5.02 Å². The van der Waals surface area contributed by atoms with Crippen molar-refractivity contribution in [3.8, 4) is 22.6 Å². The van der Waals surface area contributed by atoms with Crippen LogP contribution in [-0.2, 0) is 22.8 Å². The molecule has 0 spiro atoms. The number of amides is 3. The molecular weight excluding hydrogens is 697 g/mol. The van der Waals surface area contributed by atoms with E-state index in [1.807, 2.05) is 4.90 Å². The first kappa shape index (κ1) is 36.8. The van der Waals surface area contributed by atoms with Crippen molar-refractivity contribution in [1.29, 1.82) is 0 Å². The number of aromatic nitrogens is 5. The number of nitrogen functional groups attached to an aromatic ring is 1. The number of pyridine rings is 1. The third-order valence-electron chi connectivity index (χ3n) is 8.55. The van der Waals surface area contributed by atoms with Crippen molar-refractivity contribution in [2.75, 3.05) is 50.3 Å². The van der Waals surface area contributed by atoms with Crippen LogP contribution in [0, 0.1) is 5.92 Å². The quantitative estimate of drug-likeness (QED) is 0.183. The Kier molecular flexibility index (Phi) is 11.2. The average Bonchev–Trinajstić information content (AvgIpc) is 3.73. The molecule has 2 fully saturated rings. The molecule has 0 unspecified atom stereocenters. The number of nitrogens with two attached hydrogens (primary N) is 1. The fourth-order valence-electron chi connectivity index (χ4n) is 5.97. The maximum Gasteiger partial charge on any atom is 0.435 e. The molecule has 2 aliphatic rings. The summed E-state index contributed by atoms with van der Waals surface area (Å²) in [6.45, 7) is 3.01. The lowest BCUT2D eigenvalue weighted by molar-refractivity contribution is -0.140. The summed E-state index contributed by atoms with van der Waals surface area (Å²) < 4.78 is 43.2. The Morgan fingerprint density at radius 3 is 2.31 bits per heavy atom. The van der Waals surface area contributed by atoms with E-state index in [-0.39, 0.29) is 68.9 Å². The maximum absolute atomic E-state index is 14.0. The number of H-pyrrole nitrogens is 1. The first-order valence-electron chi connectivity index (χ1n) is 15.7. The number of halogens is 4. The molecule has 2 saturated heterocycles. The van der Waals surface area contributed by atoms with Gasteiger partial charge < -0.3 is 35.8 Å². The van der Waals surface area contributed by atoms with Gasteiger partial charge in [-0.1, -0.05) is 11.6 Å². The predicted molar refractivity (Wildman–Crippen MR) is 180 cm³/mol. The molecule has 0 radical (unpaired) electrons. The number of hydrogen-bond donors (Lipinski definition) is 5. The highest BCUT2D eigenvalue weighted by Crippen LogP contribution is 2.41. The van der Waals surface area contributed by atoms with Gasteiger partial charge >= 0.3 is 6.18 Å². The molecule has 1 aromatic carbocycles. The number of anilines is 2. The van der Waals surface area contributed by atoms with Gasteiger partial charge in [-0.25, -0.2) is 4.98 Å². The van der Waals surface area contributed by atoms with Crippen LogP contribution in [0.5, 0.6) is 0 Å². The van der Waals surface area contributed by atoms with Gasteiger partial charge in [-0.3, -0.25) is 29.3 Å². The zero-order chi connectivity index (χ0) is 36.9. The number of alkyl halides is 3. The number of nitrogens with one attached hydrogen (secondary N) is 3. The normalized spacial score (nSPS) is 15.2. The molecule has 51 heavy (non-hydrogen) atoms. The van der Waals surface area contributed by atoms with Gasteiger partial charge in [-0.05, 0) is 56.3 Å². The third-order valence-corrected chi connectivity index (χ3v) is 8.86. The topological polar surface area (TPSA) is 204 Å². The van der Waals surface area contributed by atoms with E-state index < -0.39 is 17.8 Å². The van der Waals surface area contributed by atoms with Crippen LogP contribution in [0.1, 0.15) is 39.5 Å². The second-order valence-corrected chi connectivity index (χ2v) is 12.1. The Labute approximate surface area is 294 Å². The molecule has 4 aromatic rings. The van der Waals surface area contributed by atoms with Crippen LogP contribution in [-0.4, -0.2) is 103 Å². The second kappa shape index (κ2) is 15.6. The number of carbonyl (C=O) groups excluding carboxylic acids is 3. The first-order chi connectivity index (χ1) is 24.3. The second-order valence-electron chi connectivity index (χ2n) is 11.7. The van der Waals surface area contributed by atoms with E-state index in [2.05, 4.69) is 30.8 Å². The van der Waals surface area contributed by atoms with Gasteiger partial charge in [0.05, 0.1) is 51.3 Å². The number of hydrogen-bond acceptors (Lipinski definition) is 9. The van der Waals surface area contributed by atoms with Crippen LogP contribution in [0.3, 0.4) is 0 Å². The molecule has 19 heteroatoms. The molecule has 0 atom stereocenters. The first-order valence-corrected chi connectivity index (χ1v) is 16.1. The number of nitrogens with zero attached hydrogens (tertiary/aromatic N) is 6. The highest BCUT2D eigenvalue weighted by molar-refractivity contribution is 6.34. The average molecular weight is 731 g/mol. The van der Waals surface area contributed by atoms with E-state index in [4.69, 9.17) is 27.2 Å². The molecular formula is C32H34ClF3N10O5. The Bertz CT molecular complexity index is 1900. The molecule has 270 valence electrons. The number of carbonyl (C=O) groups is 4. The molecule has 6 rings (SSSR count). The van der Waals surface area contributed by atoms with Crippen molar-refractivity contribution >= 4 is 47.2 Å². The molecule has 3 amide bonds. The maximum atomic E-state index is 14.0. The van der Waals surface area contributed by atoms with E-state index in [9.17, 15) is 27.6 Å². The van der Waals surface area contributed by atoms with Crippen LogP contribution >= 0.6 is 11.6 Å². The summed E-state index contributed by atoms with van der Waals surface area (Å²) in [6, 6.07) is 7.34. The summed E-state index contributed by atoms with van der Waals surface area (Å²) in [6.07, 6.45) is -0.754. The summed E-state index contributed by atoms with van der Waals surface area (Å²) in [7, 11) is 1.40. The minimum atomic E-state index is -4.82. The van der Waals surface area contributed by atoms with Crippen molar-refractivity contribution < 1.29 is 37.5 Å². The zero-order valence-electron chi connectivity index (χ0n) is 27.2. The van der Waals surface area contributed by atoms with E-state index >= 15 is 0 Å². The standard InChI is InChI=1S/C31H32ClF3N10O3.CH2O2/c1-43-23(24-25(22-5-2-18(36)15-38-22)41-42-26(24)31(33,34)35)16-39-27(43)28(46)40-19-3-4-20(21(32)14-19)30(48)45-12-10-44(11-13-45)29(47)17-6-8-37-9-7-17;2-1-3/h2-5,14-17,37H,6-13,36H2,1H3,(H,40,46)(H,41,42);1H,(H,2,3). The highest BCUT2D eigenvalue weighted by atomic mass is 35.5. The minimum Gasteiger partial charge on any atom is -0.483 e. The molecule has 5 heterocycles. The number of carboxylic acid groups (broad SMARTS) is 1. The largest absolute Gasteiger partial charge is 0.483 e. The predicted octanol–water partition coefficient (Wildman–Crippen LogP) is 3.36. The van der Waals surface area contributed by atoms with Gasteiger partial charge in [0.15, 0.2) is 11.5 Å². The Hall–Kier alpha value is -5.49. The Morgan fingerprint density at radius 2 is 1.71 bits per heavy atom. The lowest BCUT2D eigenvalue weighted by atomic mass is 9.96. The van der Waals surface area contributed by atoms with E-state index in [1.165, 1.54) is 48.1 Å². The Balaban J connectivity index is 0.00000162. The van der Waals surface area contributed by atoms with Crippen LogP contribution < -0.4 is 16.4 Å². The van der Waals surface area contributed by atoms with Gasteiger partial charge in [0.25, 0.3) is 18.3 Å². The van der Waals surface area contributed by atoms with Crippen molar-refractivity contribution in [2.24, 2.45) is 13.0 Å². The summed E-state index contributed by atoms with van der Waals surface area (Å²) in [5.74, 6) is -1.07. The van der Waals surface area contributed by atoms with Crippen molar-refractivity contribution in [3.05, 3.63) is 64.8 Å². The number of imidazole rings is 1. The smallest absolute Gasteiger partial charge is 0.435 e. The van der Waals surface area contributed by atoms with Crippen molar-refractivity contribution in [2.45, 2.75) is 19.0 Å². The summed E-state index contributed by atoms with van der Waals surface area (Å²) in [4.78, 5) is 59.4. The van der Waals surface area contributed by atoms with E-state index in [0.717, 1.165) is 32.1 Å². The Morgan fingerprint density at radius 1 is 1.04 bits per heavy atom. The van der Waals surface area contributed by atoms with Gasteiger partial charge in [0.1, 0.15) is 0 Å². The van der Waals surface area contributed by atoms with Crippen LogP contribution in [0.15, 0.2) is 42.7 Å². The molecule has 6 N–H and O–H groups in total. The minimum absolute atomic E-state index is 0.00965. The van der Waals surface area contributed by atoms with E-state index in [1.54, 1.807) is 4.90 Å². The molecule has 0 bridgehead atoms. The van der Waals surface area contributed by atoms with Gasteiger partial charge in [0.2, 0.25) is 5.91 Å². The van der Waals surface area contributed by atoms with Gasteiger partial charge in [-0.2, -0.15) is 18.3 Å². The zero-order valence-corrected chi connectivity index (χ0v) is 28.0. The molecule has 2 aliphatic heterocycles. The number of piperidine rings is 1. The summed E-state index contributed by atoms with van der Waals surface area (Å²) >= 11 is 6.48. The van der Waals surface area contributed by atoms with Crippen LogP contribution in [0.4, 0.5) is 24.5 Å². The number of piperazine rings is 1. The molecule has 3 aromatic heterocycles. The van der Waals surface area contributed by atoms with Gasteiger partial charge in [0, 0.05) is 44.8 Å². The highest BCUT2D eigenvalue weighted by Gasteiger charge is 2.40. The number of rotatable bonds is 6. The molecule has 15 nitrogen and oxygen atoms in total. The monoisotopic (exact) mass is 730 g/mol. The van der Waals surface area contributed by atoms with Gasteiger partial charge in [-0.15, -0.1) is 0 Å².